The van der Waals surface area contributed by atoms with Gasteiger partial charge in [0.15, 0.2) is 0 Å². The van der Waals surface area contributed by atoms with E-state index in [4.69, 9.17) is 0 Å². The van der Waals surface area contributed by atoms with Gasteiger partial charge in [0, 0.05) is 6.92 Å². The minimum Gasteiger partial charge on any atom is -0.461 e. The summed E-state index contributed by atoms with van der Waals surface area (Å²) in [7, 11) is 0. The Morgan fingerprint density at radius 1 is 1.17 bits per heavy atom. The smallest absolute Gasteiger partial charge is 0.461 e. The minimum absolute atomic E-state index is 0.00281. The van der Waals surface area contributed by atoms with Crippen LogP contribution in [0.25, 0.3) is 0 Å². The monoisotopic (exact) mass is 262 g/mol. The molecule has 0 fully saturated rings. The molecule has 0 N–H and O–H groups in total. The first-order chi connectivity index (χ1) is 8.29. The second-order valence-electron chi connectivity index (χ2n) is 3.31. The number of esters is 2. The molecule has 1 aromatic carbocycles. The molecule has 0 atom stereocenters. The quantitative estimate of drug-likeness (QED) is 0.619. The van der Waals surface area contributed by atoms with E-state index < -0.39 is 18.1 Å². The number of carbonyl (C=O) groups excluding carboxylic acids is 2. The molecule has 0 aliphatic rings. The average molecular weight is 262 g/mol. The van der Waals surface area contributed by atoms with Crippen molar-refractivity contribution in [1.29, 1.82) is 0 Å². The summed E-state index contributed by atoms with van der Waals surface area (Å²) in [5.41, 5.74) is 0.567. The lowest BCUT2D eigenvalue weighted by atomic mass is 10.2. The Hall–Kier alpha value is -2.05. The van der Waals surface area contributed by atoms with Crippen molar-refractivity contribution in [2.24, 2.45) is 0 Å². The third kappa shape index (κ3) is 4.44. The number of benzene rings is 1. The van der Waals surface area contributed by atoms with Gasteiger partial charge in [0.05, 0.1) is 0 Å². The molecule has 0 bridgehead atoms. The molecule has 0 radical (unpaired) electrons. The van der Waals surface area contributed by atoms with Crippen LogP contribution in [0.1, 0.15) is 12.5 Å². The topological polar surface area (TPSA) is 52.6 Å². The lowest BCUT2D eigenvalue weighted by molar-refractivity contribution is -0.189. The molecule has 0 amide bonds. The first kappa shape index (κ1) is 14.0. The van der Waals surface area contributed by atoms with Gasteiger partial charge in [0.1, 0.15) is 12.4 Å². The van der Waals surface area contributed by atoms with Gasteiger partial charge in [-0.05, 0) is 17.7 Å². The zero-order chi connectivity index (χ0) is 13.8. The van der Waals surface area contributed by atoms with Crippen LogP contribution in [0.2, 0.25) is 0 Å². The van der Waals surface area contributed by atoms with Gasteiger partial charge in [-0.2, -0.15) is 13.2 Å². The van der Waals surface area contributed by atoms with E-state index in [1.807, 2.05) is 0 Å². The zero-order valence-corrected chi connectivity index (χ0v) is 9.28. The maximum Gasteiger partial charge on any atom is 0.491 e. The highest BCUT2D eigenvalue weighted by atomic mass is 19.4. The van der Waals surface area contributed by atoms with Gasteiger partial charge >= 0.3 is 18.1 Å². The van der Waals surface area contributed by atoms with Crippen LogP contribution in [-0.2, 0) is 20.9 Å². The molecule has 0 heterocycles. The maximum absolute atomic E-state index is 11.9. The molecule has 0 spiro atoms. The highest BCUT2D eigenvalue weighted by Crippen LogP contribution is 2.20. The molecule has 1 aromatic rings. The third-order valence-electron chi connectivity index (χ3n) is 1.81. The lowest BCUT2D eigenvalue weighted by Crippen LogP contribution is -2.27. The summed E-state index contributed by atoms with van der Waals surface area (Å²) in [5.74, 6) is -2.98. The number of hydrogen-bond donors (Lipinski definition) is 0. The SMILES string of the molecule is CC(=O)OCc1ccc(OC(=O)C(F)(F)F)cc1. The van der Waals surface area contributed by atoms with Crippen LogP contribution in [0.3, 0.4) is 0 Å². The number of alkyl halides is 3. The van der Waals surface area contributed by atoms with Crippen molar-refractivity contribution < 1.29 is 32.2 Å². The van der Waals surface area contributed by atoms with Crippen LogP contribution < -0.4 is 4.74 Å². The van der Waals surface area contributed by atoms with Gasteiger partial charge in [0.2, 0.25) is 0 Å². The number of hydrogen-bond acceptors (Lipinski definition) is 4. The van der Waals surface area contributed by atoms with Crippen LogP contribution in [0.15, 0.2) is 24.3 Å². The summed E-state index contributed by atoms with van der Waals surface area (Å²) in [4.78, 5) is 21.0. The van der Waals surface area contributed by atoms with Gasteiger partial charge in [0.25, 0.3) is 0 Å². The molecule has 0 aromatic heterocycles. The highest BCUT2D eigenvalue weighted by molar-refractivity contribution is 5.78. The van der Waals surface area contributed by atoms with Gasteiger partial charge in [-0.25, -0.2) is 4.79 Å². The van der Waals surface area contributed by atoms with Crippen molar-refractivity contribution in [3.8, 4) is 5.75 Å². The van der Waals surface area contributed by atoms with E-state index in [-0.39, 0.29) is 12.4 Å². The molecule has 18 heavy (non-hydrogen) atoms. The minimum atomic E-state index is -5.03. The van der Waals surface area contributed by atoms with Gasteiger partial charge < -0.3 is 9.47 Å². The molecular formula is C11H9F3O4. The Balaban J connectivity index is 2.60. The van der Waals surface area contributed by atoms with Crippen molar-refractivity contribution in [2.75, 3.05) is 0 Å². The highest BCUT2D eigenvalue weighted by Gasteiger charge is 2.41. The molecular weight excluding hydrogens is 253 g/mol. The Kier molecular flexibility index (Phi) is 4.30. The number of rotatable bonds is 3. The van der Waals surface area contributed by atoms with Gasteiger partial charge in [-0.15, -0.1) is 0 Å². The third-order valence-corrected chi connectivity index (χ3v) is 1.81. The van der Waals surface area contributed by atoms with Crippen LogP contribution in [0, 0.1) is 0 Å². The molecule has 7 heteroatoms. The second kappa shape index (κ2) is 5.52. The van der Waals surface area contributed by atoms with E-state index >= 15 is 0 Å². The predicted octanol–water partition coefficient (Wildman–Crippen LogP) is 2.22. The largest absolute Gasteiger partial charge is 0.491 e. The maximum atomic E-state index is 11.9. The fourth-order valence-corrected chi connectivity index (χ4v) is 1.00. The fraction of sp³-hybridized carbons (Fsp3) is 0.273. The number of halogens is 3. The average Bonchev–Trinajstić information content (AvgIpc) is 2.26. The van der Waals surface area contributed by atoms with Crippen molar-refractivity contribution in [3.05, 3.63) is 29.8 Å². The van der Waals surface area contributed by atoms with E-state index in [0.717, 1.165) is 0 Å². The Bertz CT molecular complexity index is 437. The van der Waals surface area contributed by atoms with Crippen LogP contribution in [-0.4, -0.2) is 18.1 Å². The summed E-state index contributed by atoms with van der Waals surface area (Å²) in [6.45, 7) is 1.24. The molecule has 0 saturated heterocycles. The predicted molar refractivity (Wildman–Crippen MR) is 53.6 cm³/mol. The van der Waals surface area contributed by atoms with Crippen LogP contribution in [0.4, 0.5) is 13.2 Å². The Morgan fingerprint density at radius 3 is 2.17 bits per heavy atom. The summed E-state index contributed by atoms with van der Waals surface area (Å²) in [6.07, 6.45) is -5.03. The summed E-state index contributed by atoms with van der Waals surface area (Å²) in [6, 6.07) is 5.15. The van der Waals surface area contributed by atoms with Crippen molar-refractivity contribution >= 4 is 11.9 Å². The van der Waals surface area contributed by atoms with E-state index in [9.17, 15) is 22.8 Å². The standard InChI is InChI=1S/C11H9F3O4/c1-7(15)17-6-8-2-4-9(5-3-8)18-10(16)11(12,13)14/h2-5H,6H2,1H3. The molecule has 0 aliphatic heterocycles. The lowest BCUT2D eigenvalue weighted by Gasteiger charge is -2.07. The molecule has 98 valence electrons. The summed E-state index contributed by atoms with van der Waals surface area (Å²) in [5, 5.41) is 0. The van der Waals surface area contributed by atoms with Crippen molar-refractivity contribution in [1.82, 2.24) is 0 Å². The normalized spacial score (nSPS) is 10.9. The fourth-order valence-electron chi connectivity index (χ4n) is 1.00. The first-order valence-corrected chi connectivity index (χ1v) is 4.80. The second-order valence-corrected chi connectivity index (χ2v) is 3.31. The van der Waals surface area contributed by atoms with E-state index in [0.29, 0.717) is 5.56 Å². The van der Waals surface area contributed by atoms with Gasteiger partial charge in [-0.3, -0.25) is 4.79 Å². The van der Waals surface area contributed by atoms with E-state index in [1.165, 1.54) is 31.2 Å². The number of carbonyl (C=O) groups is 2. The molecule has 0 unspecified atom stereocenters. The zero-order valence-electron chi connectivity index (χ0n) is 9.28. The van der Waals surface area contributed by atoms with Crippen molar-refractivity contribution in [2.45, 2.75) is 19.7 Å². The molecule has 0 aliphatic carbocycles. The Labute approximate surface area is 100 Å². The Morgan fingerprint density at radius 2 is 1.72 bits per heavy atom. The molecule has 1 rings (SSSR count). The van der Waals surface area contributed by atoms with E-state index in [1.54, 1.807) is 0 Å². The van der Waals surface area contributed by atoms with Crippen LogP contribution >= 0.6 is 0 Å². The van der Waals surface area contributed by atoms with Crippen molar-refractivity contribution in [3.63, 3.8) is 0 Å². The van der Waals surface area contributed by atoms with E-state index in [2.05, 4.69) is 9.47 Å². The summed E-state index contributed by atoms with van der Waals surface area (Å²) < 4.78 is 44.4. The van der Waals surface area contributed by atoms with Gasteiger partial charge in [-0.1, -0.05) is 12.1 Å². The molecule has 0 saturated carbocycles. The molecule has 4 nitrogen and oxygen atoms in total. The first-order valence-electron chi connectivity index (χ1n) is 4.80. The summed E-state index contributed by atoms with van der Waals surface area (Å²) >= 11 is 0. The number of ether oxygens (including phenoxy) is 2. The van der Waals surface area contributed by atoms with Crippen LogP contribution in [0.5, 0.6) is 5.75 Å².